The van der Waals surface area contributed by atoms with Crippen molar-refractivity contribution in [1.29, 1.82) is 0 Å². The molecule has 0 radical (unpaired) electrons. The molecule has 1 fully saturated rings. The van der Waals surface area contributed by atoms with Crippen LogP contribution in [0, 0.1) is 5.92 Å². The molecule has 1 aliphatic rings. The number of hydrogen-bond acceptors (Lipinski definition) is 3. The number of allylic oxidation sites excluding steroid dienone is 2. The smallest absolute Gasteiger partial charge is 0.138 e. The van der Waals surface area contributed by atoms with Crippen LogP contribution in [-0.2, 0) is 4.84 Å². The zero-order valence-corrected chi connectivity index (χ0v) is 12.4. The van der Waals surface area contributed by atoms with Crippen molar-refractivity contribution >= 4 is 5.71 Å². The van der Waals surface area contributed by atoms with E-state index in [9.17, 15) is 4.39 Å². The Hall–Kier alpha value is -1.16. The molecule has 0 aromatic rings. The van der Waals surface area contributed by atoms with Crippen molar-refractivity contribution in [1.82, 2.24) is 5.32 Å². The van der Waals surface area contributed by atoms with Gasteiger partial charge in [0, 0.05) is 12.3 Å². The minimum Gasteiger partial charge on any atom is -0.391 e. The Kier molecular flexibility index (Phi) is 11.2. The van der Waals surface area contributed by atoms with E-state index >= 15 is 0 Å². The normalized spacial score (nSPS) is 17.5. The lowest BCUT2D eigenvalue weighted by molar-refractivity contribution is 0.170. The van der Waals surface area contributed by atoms with E-state index in [1.54, 1.807) is 0 Å². The highest BCUT2D eigenvalue weighted by molar-refractivity contribution is 5.87. The molecule has 1 rings (SSSR count). The largest absolute Gasteiger partial charge is 0.391 e. The molecular formula is C15H27FN2O. The average Bonchev–Trinajstić information content (AvgIpc) is 2.45. The van der Waals surface area contributed by atoms with Gasteiger partial charge in [0.25, 0.3) is 0 Å². The summed E-state index contributed by atoms with van der Waals surface area (Å²) in [5.41, 5.74) is 1.02. The zero-order valence-electron chi connectivity index (χ0n) is 12.4. The lowest BCUT2D eigenvalue weighted by Gasteiger charge is -2.23. The standard InChI is InChI=1S/C13H21FN2O.C2H6/c1-3-4-13(12-5-8-15-9-6-12)16-17-10-7-11(2)14;1-2/h3,7,12,15H,1,4-6,8-10H2,2H3;1-2H3/b11-7+,16-13+;. The summed E-state index contributed by atoms with van der Waals surface area (Å²) in [7, 11) is 0. The number of nitrogens with zero attached hydrogens (tertiary/aromatic N) is 1. The van der Waals surface area contributed by atoms with Gasteiger partial charge in [0.05, 0.1) is 11.5 Å². The summed E-state index contributed by atoms with van der Waals surface area (Å²) in [4.78, 5) is 5.12. The molecule has 0 aromatic heterocycles. The summed E-state index contributed by atoms with van der Waals surface area (Å²) >= 11 is 0. The van der Waals surface area contributed by atoms with Gasteiger partial charge in [-0.3, -0.25) is 0 Å². The molecule has 0 saturated carbocycles. The maximum Gasteiger partial charge on any atom is 0.138 e. The van der Waals surface area contributed by atoms with Crippen LogP contribution in [0.1, 0.15) is 40.0 Å². The third-order valence-electron chi connectivity index (χ3n) is 2.78. The molecule has 1 N–H and O–H groups in total. The predicted octanol–water partition coefficient (Wildman–Crippen LogP) is 3.83. The Morgan fingerprint density at radius 2 is 2.05 bits per heavy atom. The molecule has 19 heavy (non-hydrogen) atoms. The van der Waals surface area contributed by atoms with Gasteiger partial charge in [-0.15, -0.1) is 6.58 Å². The molecule has 0 atom stereocenters. The number of oxime groups is 1. The van der Waals surface area contributed by atoms with E-state index in [-0.39, 0.29) is 12.4 Å². The van der Waals surface area contributed by atoms with Gasteiger partial charge in [-0.25, -0.2) is 4.39 Å². The van der Waals surface area contributed by atoms with Crippen molar-refractivity contribution in [2.75, 3.05) is 19.7 Å². The first-order valence-electron chi connectivity index (χ1n) is 7.06. The van der Waals surface area contributed by atoms with Gasteiger partial charge in [0.2, 0.25) is 0 Å². The summed E-state index contributed by atoms with van der Waals surface area (Å²) in [5, 5.41) is 7.43. The third-order valence-corrected chi connectivity index (χ3v) is 2.78. The first-order chi connectivity index (χ1) is 9.24. The lowest BCUT2D eigenvalue weighted by atomic mass is 9.91. The molecule has 1 heterocycles. The SMILES string of the molecule is C=CC/C(=N\OC/C=C(\C)F)C1CCNCC1.CC. The molecule has 0 aliphatic carbocycles. The highest BCUT2D eigenvalue weighted by Crippen LogP contribution is 2.16. The number of halogens is 1. The fraction of sp³-hybridized carbons (Fsp3) is 0.667. The van der Waals surface area contributed by atoms with Crippen molar-refractivity contribution < 1.29 is 9.23 Å². The van der Waals surface area contributed by atoms with Crippen LogP contribution in [0.5, 0.6) is 0 Å². The van der Waals surface area contributed by atoms with Crippen LogP contribution < -0.4 is 5.32 Å². The van der Waals surface area contributed by atoms with Crippen LogP contribution in [0.25, 0.3) is 0 Å². The maximum absolute atomic E-state index is 12.4. The molecule has 0 spiro atoms. The summed E-state index contributed by atoms with van der Waals surface area (Å²) in [5.74, 6) is 0.219. The summed E-state index contributed by atoms with van der Waals surface area (Å²) in [6, 6.07) is 0. The van der Waals surface area contributed by atoms with E-state index < -0.39 is 0 Å². The maximum atomic E-state index is 12.4. The van der Waals surface area contributed by atoms with Crippen molar-refractivity contribution in [2.45, 2.75) is 40.0 Å². The minimum absolute atomic E-state index is 0.188. The molecule has 1 aliphatic heterocycles. The first-order valence-corrected chi connectivity index (χ1v) is 7.06. The van der Waals surface area contributed by atoms with Gasteiger partial charge in [-0.1, -0.05) is 25.1 Å². The molecule has 4 heteroatoms. The molecule has 3 nitrogen and oxygen atoms in total. The Morgan fingerprint density at radius 1 is 1.42 bits per heavy atom. The van der Waals surface area contributed by atoms with Gasteiger partial charge in [0.15, 0.2) is 0 Å². The van der Waals surface area contributed by atoms with E-state index in [1.807, 2.05) is 19.9 Å². The van der Waals surface area contributed by atoms with E-state index in [2.05, 4.69) is 17.1 Å². The van der Waals surface area contributed by atoms with Crippen molar-refractivity contribution in [3.05, 3.63) is 24.6 Å². The second kappa shape index (κ2) is 11.9. The van der Waals surface area contributed by atoms with Crippen molar-refractivity contribution in [3.8, 4) is 0 Å². The van der Waals surface area contributed by atoms with Crippen LogP contribution in [-0.4, -0.2) is 25.4 Å². The van der Waals surface area contributed by atoms with Crippen LogP contribution in [0.3, 0.4) is 0 Å². The highest BCUT2D eigenvalue weighted by Gasteiger charge is 2.18. The number of hydrogen-bond donors (Lipinski definition) is 1. The van der Waals surface area contributed by atoms with Crippen LogP contribution in [0.2, 0.25) is 0 Å². The number of piperidine rings is 1. The average molecular weight is 270 g/mol. The summed E-state index contributed by atoms with van der Waals surface area (Å²) < 4.78 is 12.4. The van der Waals surface area contributed by atoms with Crippen LogP contribution in [0.4, 0.5) is 4.39 Å². The number of rotatable bonds is 6. The second-order valence-electron chi connectivity index (χ2n) is 4.19. The molecule has 0 amide bonds. The van der Waals surface area contributed by atoms with Gasteiger partial charge in [-0.2, -0.15) is 0 Å². The molecule has 0 bridgehead atoms. The topological polar surface area (TPSA) is 33.6 Å². The van der Waals surface area contributed by atoms with Gasteiger partial charge in [0.1, 0.15) is 6.61 Å². The first kappa shape index (κ1) is 17.8. The van der Waals surface area contributed by atoms with Crippen molar-refractivity contribution in [3.63, 3.8) is 0 Å². The predicted molar refractivity (Wildman–Crippen MR) is 80.0 cm³/mol. The van der Waals surface area contributed by atoms with Crippen LogP contribution >= 0.6 is 0 Å². The molecule has 0 aromatic carbocycles. The van der Waals surface area contributed by atoms with Gasteiger partial charge >= 0.3 is 0 Å². The van der Waals surface area contributed by atoms with E-state index in [0.717, 1.165) is 38.1 Å². The monoisotopic (exact) mass is 270 g/mol. The van der Waals surface area contributed by atoms with E-state index in [1.165, 1.54) is 13.0 Å². The lowest BCUT2D eigenvalue weighted by Crippen LogP contribution is -2.31. The fourth-order valence-corrected chi connectivity index (χ4v) is 1.85. The fourth-order valence-electron chi connectivity index (χ4n) is 1.85. The summed E-state index contributed by atoms with van der Waals surface area (Å²) in [6.07, 6.45) is 6.10. The minimum atomic E-state index is -0.243. The number of nitrogens with one attached hydrogen (secondary N) is 1. The molecule has 0 unspecified atom stereocenters. The molecule has 110 valence electrons. The zero-order chi connectivity index (χ0) is 14.5. The quantitative estimate of drug-likeness (QED) is 0.344. The Morgan fingerprint density at radius 3 is 2.58 bits per heavy atom. The summed E-state index contributed by atoms with van der Waals surface area (Å²) in [6.45, 7) is 11.3. The third kappa shape index (κ3) is 8.54. The molecule has 1 saturated heterocycles. The highest BCUT2D eigenvalue weighted by atomic mass is 19.1. The van der Waals surface area contributed by atoms with Gasteiger partial charge in [-0.05, 0) is 38.9 Å². The Bertz CT molecular complexity index is 291. The second-order valence-corrected chi connectivity index (χ2v) is 4.19. The van der Waals surface area contributed by atoms with E-state index in [0.29, 0.717) is 5.92 Å². The van der Waals surface area contributed by atoms with Gasteiger partial charge < -0.3 is 10.2 Å². The Balaban J connectivity index is 0.00000154. The van der Waals surface area contributed by atoms with Crippen LogP contribution in [0.15, 0.2) is 29.7 Å². The molecular weight excluding hydrogens is 243 g/mol. The Labute approximate surface area is 116 Å². The van der Waals surface area contributed by atoms with Crippen molar-refractivity contribution in [2.24, 2.45) is 11.1 Å². The van der Waals surface area contributed by atoms with E-state index in [4.69, 9.17) is 4.84 Å².